The molecule has 19 heteroatoms. The van der Waals surface area contributed by atoms with Crippen molar-refractivity contribution < 1.29 is 89.4 Å². The molecule has 450 valence electrons. The Balaban J connectivity index is 1.54. The summed E-state index contributed by atoms with van der Waals surface area (Å²) in [6.45, 7) is 1.46. The molecule has 0 aromatic carbocycles. The predicted molar refractivity (Wildman–Crippen MR) is 300 cm³/mol. The number of nitrogens with one attached hydrogen (secondary N) is 1. The van der Waals surface area contributed by atoms with Crippen LogP contribution in [-0.2, 0) is 33.2 Å². The molecular formula is C60H97NO18. The van der Waals surface area contributed by atoms with Crippen molar-refractivity contribution in [2.24, 2.45) is 0 Å². The first-order chi connectivity index (χ1) is 38.3. The minimum atomic E-state index is -1.99. The molecule has 79 heavy (non-hydrogen) atoms. The highest BCUT2D eigenvalue weighted by Crippen LogP contribution is 2.33. The SMILES string of the molecule is CC/C=C\C/C=C\C/C=C\C/C=C\C/C=C\C/C=C\CCCCC(=O)NC(COC1OC(CO)C(OC2OC(CO)C(OC3OC(CO)C(O)C(O)C3O)C(O)C2O)C(O)C1O)C(O)/C=C/CC/C=C/CC/C=C/CCCCC. The van der Waals surface area contributed by atoms with Crippen molar-refractivity contribution in [2.75, 3.05) is 26.4 Å². The predicted octanol–water partition coefficient (Wildman–Crippen LogP) is 4.36. The van der Waals surface area contributed by atoms with Crippen molar-refractivity contribution in [2.45, 2.75) is 234 Å². The van der Waals surface area contributed by atoms with Crippen molar-refractivity contribution in [3.8, 4) is 0 Å². The van der Waals surface area contributed by atoms with Crippen LogP contribution in [0.5, 0.6) is 0 Å². The van der Waals surface area contributed by atoms with Gasteiger partial charge in [0.2, 0.25) is 5.91 Å². The van der Waals surface area contributed by atoms with Crippen LogP contribution in [0.15, 0.2) is 109 Å². The summed E-state index contributed by atoms with van der Waals surface area (Å²) in [6.07, 6.45) is 26.5. The molecule has 0 spiro atoms. The van der Waals surface area contributed by atoms with E-state index in [2.05, 4.69) is 116 Å². The largest absolute Gasteiger partial charge is 0.394 e. The quantitative estimate of drug-likeness (QED) is 0.0301. The molecule has 0 radical (unpaired) electrons. The molecule has 3 saturated heterocycles. The zero-order valence-corrected chi connectivity index (χ0v) is 46.5. The fourth-order valence-corrected chi connectivity index (χ4v) is 8.81. The van der Waals surface area contributed by atoms with Gasteiger partial charge in [0.1, 0.15) is 73.2 Å². The van der Waals surface area contributed by atoms with Gasteiger partial charge in [0.05, 0.1) is 38.6 Å². The second-order valence-electron chi connectivity index (χ2n) is 20.0. The summed E-state index contributed by atoms with van der Waals surface area (Å²) >= 11 is 0. The van der Waals surface area contributed by atoms with Crippen LogP contribution in [0.2, 0.25) is 0 Å². The molecule has 12 N–H and O–H groups in total. The zero-order valence-electron chi connectivity index (χ0n) is 46.5. The Morgan fingerprint density at radius 3 is 1.37 bits per heavy atom. The molecule has 0 aliphatic carbocycles. The first-order valence-corrected chi connectivity index (χ1v) is 28.6. The maximum Gasteiger partial charge on any atom is 0.220 e. The van der Waals surface area contributed by atoms with Crippen LogP contribution in [0.25, 0.3) is 0 Å². The van der Waals surface area contributed by atoms with Gasteiger partial charge in [-0.25, -0.2) is 0 Å². The van der Waals surface area contributed by atoms with Crippen molar-refractivity contribution in [1.82, 2.24) is 5.32 Å². The highest BCUT2D eigenvalue weighted by atomic mass is 16.8. The second-order valence-corrected chi connectivity index (χ2v) is 20.0. The molecule has 0 aromatic rings. The normalized spacial score (nSPS) is 31.1. The highest BCUT2D eigenvalue weighted by molar-refractivity contribution is 5.76. The van der Waals surface area contributed by atoms with E-state index in [0.717, 1.165) is 77.0 Å². The van der Waals surface area contributed by atoms with Gasteiger partial charge in [0.25, 0.3) is 0 Å². The lowest BCUT2D eigenvalue weighted by molar-refractivity contribution is -0.379. The van der Waals surface area contributed by atoms with Gasteiger partial charge in [-0.15, -0.1) is 0 Å². The van der Waals surface area contributed by atoms with E-state index < -0.39 is 131 Å². The van der Waals surface area contributed by atoms with Crippen molar-refractivity contribution >= 4 is 5.91 Å². The van der Waals surface area contributed by atoms with Gasteiger partial charge < -0.3 is 89.9 Å². The number of aliphatic hydroxyl groups excluding tert-OH is 11. The van der Waals surface area contributed by atoms with Crippen molar-refractivity contribution in [3.63, 3.8) is 0 Å². The van der Waals surface area contributed by atoms with E-state index in [1.165, 1.54) is 19.3 Å². The van der Waals surface area contributed by atoms with E-state index in [-0.39, 0.29) is 12.3 Å². The van der Waals surface area contributed by atoms with E-state index in [4.69, 9.17) is 28.4 Å². The molecule has 1 amide bonds. The van der Waals surface area contributed by atoms with Gasteiger partial charge in [-0.2, -0.15) is 0 Å². The average molecular weight is 1120 g/mol. The third-order valence-corrected chi connectivity index (χ3v) is 13.5. The standard InChI is InChI=1S/C60H97NO18/c1-3-5-7-9-11-13-15-17-18-19-20-21-22-23-24-26-28-30-32-34-36-38-48(66)61-43(44(65)37-35-33-31-29-27-25-16-14-12-10-8-6-4-2)42-74-58-54(72)51(69)56(46(40-63)76-58)79-60-55(73)52(70)57(47(41-64)77-60)78-59-53(71)50(68)49(67)45(39-62)75-59/h5,7,11-14,17-18,20-21,23-24,27-30,35,37,43-47,49-60,62-65,67-73H,3-4,6,8-10,15-16,19,22,25-26,31-34,36,38-42H2,1-2H3,(H,61,66)/b7-5-,13-11-,14-12+,18-17-,21-20-,24-23-,29-27+,30-28-,37-35+. The van der Waals surface area contributed by atoms with E-state index in [1.54, 1.807) is 12.2 Å². The Kier molecular flexibility index (Phi) is 37.3. The Labute approximate surface area is 468 Å². The minimum absolute atomic E-state index is 0.169. The summed E-state index contributed by atoms with van der Waals surface area (Å²) in [5.74, 6) is -0.340. The fraction of sp³-hybridized carbons (Fsp3) is 0.683. The number of ether oxygens (including phenoxy) is 6. The minimum Gasteiger partial charge on any atom is -0.394 e. The van der Waals surface area contributed by atoms with E-state index in [0.29, 0.717) is 12.8 Å². The third-order valence-electron chi connectivity index (χ3n) is 13.5. The Bertz CT molecular complexity index is 1870. The van der Waals surface area contributed by atoms with Crippen molar-refractivity contribution in [3.05, 3.63) is 109 Å². The lowest BCUT2D eigenvalue weighted by Gasteiger charge is -2.48. The number of allylic oxidation sites excluding steroid dienone is 17. The van der Waals surface area contributed by atoms with Gasteiger partial charge in [-0.1, -0.05) is 136 Å². The summed E-state index contributed by atoms with van der Waals surface area (Å²) in [7, 11) is 0. The second kappa shape index (κ2) is 42.3. The molecule has 0 aromatic heterocycles. The molecule has 3 aliphatic rings. The summed E-state index contributed by atoms with van der Waals surface area (Å²) in [5.41, 5.74) is 0. The molecule has 19 nitrogen and oxygen atoms in total. The highest BCUT2D eigenvalue weighted by Gasteiger charge is 2.53. The number of carbonyl (C=O) groups excluding carboxylic acids is 1. The van der Waals surface area contributed by atoms with Crippen LogP contribution in [0, 0.1) is 0 Å². The molecule has 3 aliphatic heterocycles. The number of amides is 1. The lowest BCUT2D eigenvalue weighted by atomic mass is 9.96. The molecule has 17 unspecified atom stereocenters. The third kappa shape index (κ3) is 26.5. The van der Waals surface area contributed by atoms with E-state index >= 15 is 0 Å². The smallest absolute Gasteiger partial charge is 0.220 e. The van der Waals surface area contributed by atoms with Crippen LogP contribution in [0.1, 0.15) is 129 Å². The van der Waals surface area contributed by atoms with Gasteiger partial charge in [-0.3, -0.25) is 4.79 Å². The Morgan fingerprint density at radius 1 is 0.468 bits per heavy atom. The van der Waals surface area contributed by atoms with Crippen LogP contribution in [-0.4, -0.2) is 193 Å². The average Bonchev–Trinajstić information content (AvgIpc) is 3.45. The number of rotatable bonds is 39. The van der Waals surface area contributed by atoms with E-state index in [1.807, 2.05) is 0 Å². The summed E-state index contributed by atoms with van der Waals surface area (Å²) in [6, 6.07) is -1.03. The number of carbonyl (C=O) groups is 1. The first kappa shape index (κ1) is 69.7. The van der Waals surface area contributed by atoms with Crippen LogP contribution in [0.3, 0.4) is 0 Å². The van der Waals surface area contributed by atoms with Crippen LogP contribution < -0.4 is 5.32 Å². The van der Waals surface area contributed by atoms with E-state index in [9.17, 15) is 61.0 Å². The molecular weight excluding hydrogens is 1020 g/mol. The van der Waals surface area contributed by atoms with Gasteiger partial charge in [0.15, 0.2) is 18.9 Å². The fourth-order valence-electron chi connectivity index (χ4n) is 8.81. The van der Waals surface area contributed by atoms with Crippen LogP contribution >= 0.6 is 0 Å². The van der Waals surface area contributed by atoms with Crippen molar-refractivity contribution in [1.29, 1.82) is 0 Å². The molecule has 3 rings (SSSR count). The number of hydrogen-bond donors (Lipinski definition) is 12. The lowest BCUT2D eigenvalue weighted by Crippen LogP contribution is -2.66. The molecule has 17 atom stereocenters. The Morgan fingerprint density at radius 2 is 0.873 bits per heavy atom. The number of hydrogen-bond acceptors (Lipinski definition) is 18. The number of aliphatic hydroxyl groups is 11. The molecule has 3 heterocycles. The van der Waals surface area contributed by atoms with Crippen LogP contribution in [0.4, 0.5) is 0 Å². The summed E-state index contributed by atoms with van der Waals surface area (Å²) in [4.78, 5) is 13.3. The molecule has 3 fully saturated rings. The maximum atomic E-state index is 13.3. The summed E-state index contributed by atoms with van der Waals surface area (Å²) < 4.78 is 34.1. The zero-order chi connectivity index (χ0) is 57.6. The van der Waals surface area contributed by atoms with Gasteiger partial charge in [0, 0.05) is 6.42 Å². The van der Waals surface area contributed by atoms with Gasteiger partial charge in [-0.05, 0) is 96.3 Å². The molecule has 0 saturated carbocycles. The summed E-state index contributed by atoms with van der Waals surface area (Å²) in [5, 5.41) is 120. The Hall–Kier alpha value is -3.55. The monoisotopic (exact) mass is 1120 g/mol. The topological polar surface area (TPSA) is 307 Å². The first-order valence-electron chi connectivity index (χ1n) is 28.6. The number of unbranched alkanes of at least 4 members (excludes halogenated alkanes) is 7. The molecule has 0 bridgehead atoms. The van der Waals surface area contributed by atoms with Gasteiger partial charge >= 0.3 is 0 Å². The maximum absolute atomic E-state index is 13.3.